The number of aromatic nitrogens is 3. The average Bonchev–Trinajstić information content (AvgIpc) is 2.83. The Morgan fingerprint density at radius 3 is 2.67 bits per heavy atom. The number of hydrogen-bond acceptors (Lipinski definition) is 4. The highest BCUT2D eigenvalue weighted by molar-refractivity contribution is 7.09. The molecule has 0 aromatic carbocycles. The highest BCUT2D eigenvalue weighted by Crippen LogP contribution is 2.12. The first-order valence-electron chi connectivity index (χ1n) is 5.68. The van der Waals surface area contributed by atoms with Gasteiger partial charge < -0.3 is 5.32 Å². The molecule has 0 atom stereocenters. The summed E-state index contributed by atoms with van der Waals surface area (Å²) in [5.41, 5.74) is 3.57. The third kappa shape index (κ3) is 2.43. The van der Waals surface area contributed by atoms with Crippen LogP contribution in [0.3, 0.4) is 0 Å². The summed E-state index contributed by atoms with van der Waals surface area (Å²) >= 11 is 1.48. The second-order valence-electron chi connectivity index (χ2n) is 4.21. The summed E-state index contributed by atoms with van der Waals surface area (Å²) in [5, 5.41) is 9.86. The van der Waals surface area contributed by atoms with Crippen molar-refractivity contribution >= 4 is 17.2 Å². The predicted octanol–water partition coefficient (Wildman–Crippen LogP) is 1.73. The van der Waals surface area contributed by atoms with E-state index >= 15 is 0 Å². The van der Waals surface area contributed by atoms with Gasteiger partial charge in [-0.2, -0.15) is 5.10 Å². The van der Waals surface area contributed by atoms with E-state index in [2.05, 4.69) is 15.4 Å². The third-order valence-electron chi connectivity index (χ3n) is 2.94. The lowest BCUT2D eigenvalue weighted by Crippen LogP contribution is -2.23. The lowest BCUT2D eigenvalue weighted by Gasteiger charge is -2.04. The van der Waals surface area contributed by atoms with Crippen molar-refractivity contribution < 1.29 is 4.79 Å². The number of amides is 1. The van der Waals surface area contributed by atoms with Crippen LogP contribution in [0.1, 0.15) is 32.4 Å². The highest BCUT2D eigenvalue weighted by atomic mass is 32.1. The molecule has 0 radical (unpaired) electrons. The van der Waals surface area contributed by atoms with E-state index in [4.69, 9.17) is 0 Å². The second-order valence-corrected chi connectivity index (χ2v) is 5.27. The van der Waals surface area contributed by atoms with Crippen LogP contribution in [0.4, 0.5) is 0 Å². The van der Waals surface area contributed by atoms with Crippen LogP contribution in [0.2, 0.25) is 0 Å². The maximum atomic E-state index is 11.9. The number of nitrogens with one attached hydrogen (secondary N) is 1. The molecule has 0 unspecified atom stereocenters. The average molecular weight is 264 g/mol. The van der Waals surface area contributed by atoms with Gasteiger partial charge in [0, 0.05) is 30.2 Å². The van der Waals surface area contributed by atoms with Crippen molar-refractivity contribution in [3.63, 3.8) is 0 Å². The lowest BCUT2D eigenvalue weighted by atomic mass is 10.2. The van der Waals surface area contributed by atoms with Crippen LogP contribution in [0.5, 0.6) is 0 Å². The van der Waals surface area contributed by atoms with Crippen molar-refractivity contribution in [2.75, 3.05) is 0 Å². The summed E-state index contributed by atoms with van der Waals surface area (Å²) in [6, 6.07) is 0. The normalized spacial score (nSPS) is 10.7. The maximum Gasteiger partial charge on any atom is 0.271 e. The fraction of sp³-hybridized carbons (Fsp3) is 0.417. The minimum absolute atomic E-state index is 0.137. The van der Waals surface area contributed by atoms with Gasteiger partial charge in [-0.1, -0.05) is 0 Å². The Balaban J connectivity index is 2.06. The first kappa shape index (κ1) is 12.8. The topological polar surface area (TPSA) is 59.8 Å². The molecule has 96 valence electrons. The molecule has 0 bridgehead atoms. The molecule has 0 saturated carbocycles. The van der Waals surface area contributed by atoms with E-state index in [9.17, 15) is 4.79 Å². The molecule has 6 heteroatoms. The molecule has 0 fully saturated rings. The smallest absolute Gasteiger partial charge is 0.271 e. The number of carbonyl (C=O) groups excluding carboxylic acids is 1. The SMILES string of the molecule is Cc1nc(C(=O)NCc2c(C)nn(C)c2C)cs1. The van der Waals surface area contributed by atoms with Crippen LogP contribution in [0.15, 0.2) is 5.38 Å². The molecular formula is C12H16N4OS. The van der Waals surface area contributed by atoms with Crippen LogP contribution in [-0.2, 0) is 13.6 Å². The molecular weight excluding hydrogens is 248 g/mol. The number of rotatable bonds is 3. The fourth-order valence-electron chi connectivity index (χ4n) is 1.80. The Labute approximate surface area is 110 Å². The lowest BCUT2D eigenvalue weighted by molar-refractivity contribution is 0.0946. The summed E-state index contributed by atoms with van der Waals surface area (Å²) in [4.78, 5) is 16.0. The van der Waals surface area contributed by atoms with Crippen LogP contribution < -0.4 is 5.32 Å². The van der Waals surface area contributed by atoms with E-state index in [0.717, 1.165) is 22.0 Å². The molecule has 0 aliphatic rings. The van der Waals surface area contributed by atoms with Crippen LogP contribution >= 0.6 is 11.3 Å². The van der Waals surface area contributed by atoms with Gasteiger partial charge in [-0.15, -0.1) is 11.3 Å². The molecule has 2 aromatic heterocycles. The minimum atomic E-state index is -0.137. The summed E-state index contributed by atoms with van der Waals surface area (Å²) in [6.45, 7) is 6.31. The molecule has 18 heavy (non-hydrogen) atoms. The Morgan fingerprint density at radius 1 is 1.44 bits per heavy atom. The Kier molecular flexibility index (Phi) is 3.47. The fourth-order valence-corrected chi connectivity index (χ4v) is 2.39. The van der Waals surface area contributed by atoms with Gasteiger partial charge in [-0.05, 0) is 20.8 Å². The quantitative estimate of drug-likeness (QED) is 0.918. The molecule has 2 aromatic rings. The van der Waals surface area contributed by atoms with Gasteiger partial charge in [0.2, 0.25) is 0 Å². The van der Waals surface area contributed by atoms with Gasteiger partial charge in [0.1, 0.15) is 5.69 Å². The van der Waals surface area contributed by atoms with Gasteiger partial charge in [0.25, 0.3) is 5.91 Å². The van der Waals surface area contributed by atoms with E-state index in [0.29, 0.717) is 12.2 Å². The zero-order valence-electron chi connectivity index (χ0n) is 10.9. The largest absolute Gasteiger partial charge is 0.346 e. The number of thiazole rings is 1. The molecule has 5 nitrogen and oxygen atoms in total. The van der Waals surface area contributed by atoms with Crippen molar-refractivity contribution in [1.82, 2.24) is 20.1 Å². The molecule has 2 heterocycles. The Hall–Kier alpha value is -1.69. The zero-order valence-corrected chi connectivity index (χ0v) is 11.8. The van der Waals surface area contributed by atoms with E-state index in [1.807, 2.05) is 32.5 Å². The maximum absolute atomic E-state index is 11.9. The summed E-state index contributed by atoms with van der Waals surface area (Å²) in [7, 11) is 1.90. The molecule has 0 saturated heterocycles. The van der Waals surface area contributed by atoms with Crippen molar-refractivity contribution in [3.05, 3.63) is 33.0 Å². The van der Waals surface area contributed by atoms with Crippen molar-refractivity contribution in [2.45, 2.75) is 27.3 Å². The molecule has 0 aliphatic heterocycles. The van der Waals surface area contributed by atoms with Crippen molar-refractivity contribution in [2.24, 2.45) is 7.05 Å². The van der Waals surface area contributed by atoms with Gasteiger partial charge in [-0.3, -0.25) is 9.48 Å². The van der Waals surface area contributed by atoms with Crippen molar-refractivity contribution in [3.8, 4) is 0 Å². The van der Waals surface area contributed by atoms with E-state index in [1.165, 1.54) is 11.3 Å². The molecule has 1 N–H and O–H groups in total. The minimum Gasteiger partial charge on any atom is -0.346 e. The second kappa shape index (κ2) is 4.89. The Bertz CT molecular complexity index is 585. The molecule has 0 aliphatic carbocycles. The van der Waals surface area contributed by atoms with Crippen molar-refractivity contribution in [1.29, 1.82) is 0 Å². The van der Waals surface area contributed by atoms with Crippen LogP contribution in [-0.4, -0.2) is 20.7 Å². The number of carbonyl (C=O) groups is 1. The monoisotopic (exact) mass is 264 g/mol. The highest BCUT2D eigenvalue weighted by Gasteiger charge is 2.13. The van der Waals surface area contributed by atoms with Gasteiger partial charge in [0.15, 0.2) is 0 Å². The number of aryl methyl sites for hydroxylation is 3. The summed E-state index contributed by atoms with van der Waals surface area (Å²) in [5.74, 6) is -0.137. The van der Waals surface area contributed by atoms with E-state index < -0.39 is 0 Å². The standard InChI is InChI=1S/C12H16N4OS/c1-7-10(8(2)16(4)15-7)5-13-12(17)11-6-18-9(3)14-11/h6H,5H2,1-4H3,(H,13,17). The zero-order chi connectivity index (χ0) is 13.3. The first-order chi connectivity index (χ1) is 8.49. The van der Waals surface area contributed by atoms with E-state index in [-0.39, 0.29) is 5.91 Å². The predicted molar refractivity (Wildman–Crippen MR) is 70.7 cm³/mol. The summed E-state index contributed by atoms with van der Waals surface area (Å²) in [6.07, 6.45) is 0. The van der Waals surface area contributed by atoms with Crippen LogP contribution in [0.25, 0.3) is 0 Å². The molecule has 0 spiro atoms. The number of hydrogen-bond donors (Lipinski definition) is 1. The van der Waals surface area contributed by atoms with Gasteiger partial charge in [-0.25, -0.2) is 4.98 Å². The first-order valence-corrected chi connectivity index (χ1v) is 6.56. The molecule has 2 rings (SSSR count). The summed E-state index contributed by atoms with van der Waals surface area (Å²) < 4.78 is 1.82. The van der Waals surface area contributed by atoms with Crippen LogP contribution in [0, 0.1) is 20.8 Å². The van der Waals surface area contributed by atoms with Gasteiger partial charge >= 0.3 is 0 Å². The third-order valence-corrected chi connectivity index (χ3v) is 3.71. The van der Waals surface area contributed by atoms with E-state index in [1.54, 1.807) is 5.38 Å². The number of nitrogens with zero attached hydrogens (tertiary/aromatic N) is 3. The van der Waals surface area contributed by atoms with Gasteiger partial charge in [0.05, 0.1) is 10.7 Å². The Morgan fingerprint density at radius 2 is 2.17 bits per heavy atom. The molecule has 1 amide bonds.